The molecule has 1 amide bonds. The zero-order valence-electron chi connectivity index (χ0n) is 15.4. The van der Waals surface area contributed by atoms with Crippen LogP contribution in [0.4, 0.5) is 11.7 Å². The summed E-state index contributed by atoms with van der Waals surface area (Å²) in [4.78, 5) is 12.4. The summed E-state index contributed by atoms with van der Waals surface area (Å²) in [6.07, 6.45) is 3.68. The van der Waals surface area contributed by atoms with Crippen molar-refractivity contribution in [1.29, 1.82) is 0 Å². The molecule has 3 aromatic rings. The van der Waals surface area contributed by atoms with E-state index in [1.807, 2.05) is 60.7 Å². The van der Waals surface area contributed by atoms with E-state index in [1.54, 1.807) is 0 Å². The van der Waals surface area contributed by atoms with Crippen LogP contribution in [0.2, 0.25) is 0 Å². The summed E-state index contributed by atoms with van der Waals surface area (Å²) in [5.41, 5.74) is 0.815. The largest absolute Gasteiger partial charge is 0.490 e. The number of amides is 1. The lowest BCUT2D eigenvalue weighted by Crippen LogP contribution is -2.39. The van der Waals surface area contributed by atoms with E-state index in [4.69, 9.17) is 9.15 Å². The number of ether oxygens (including phenoxy) is 1. The van der Waals surface area contributed by atoms with Crippen LogP contribution < -0.4 is 15.4 Å². The van der Waals surface area contributed by atoms with E-state index in [0.29, 0.717) is 0 Å². The molecule has 1 aliphatic rings. The summed E-state index contributed by atoms with van der Waals surface area (Å²) < 4.78 is 11.4. The molecule has 28 heavy (non-hydrogen) atoms. The minimum atomic E-state index is -0.346. The van der Waals surface area contributed by atoms with E-state index < -0.39 is 0 Å². The molecule has 0 bridgehead atoms. The zero-order chi connectivity index (χ0) is 19.2. The maximum Gasteiger partial charge on any atom is 0.320 e. The van der Waals surface area contributed by atoms with Crippen molar-refractivity contribution in [3.05, 3.63) is 66.6 Å². The number of hydrogen-bond donors (Lipinski definition) is 2. The van der Waals surface area contributed by atoms with Gasteiger partial charge in [-0.1, -0.05) is 41.5 Å². The van der Waals surface area contributed by atoms with Crippen LogP contribution >= 0.6 is 0 Å². The van der Waals surface area contributed by atoms with Crippen LogP contribution in [0.15, 0.2) is 65.1 Å². The van der Waals surface area contributed by atoms with E-state index in [2.05, 4.69) is 20.8 Å². The summed E-state index contributed by atoms with van der Waals surface area (Å²) in [7, 11) is 0. The summed E-state index contributed by atoms with van der Waals surface area (Å²) >= 11 is 0. The fraction of sp³-hybridized carbons (Fsp3) is 0.286. The Balaban J connectivity index is 1.26. The first kappa shape index (κ1) is 18.0. The van der Waals surface area contributed by atoms with Crippen LogP contribution in [-0.2, 0) is 0 Å². The molecule has 4 rings (SSSR count). The molecule has 0 atom stereocenters. The lowest BCUT2D eigenvalue weighted by Gasteiger charge is -2.29. The summed E-state index contributed by atoms with van der Waals surface area (Å²) in [6.45, 7) is 0. The number of rotatable bonds is 6. The third-order valence-electron chi connectivity index (χ3n) is 4.70. The predicted octanol–water partition coefficient (Wildman–Crippen LogP) is 3.93. The van der Waals surface area contributed by atoms with Gasteiger partial charge in [0, 0.05) is 11.7 Å². The van der Waals surface area contributed by atoms with Gasteiger partial charge in [0.15, 0.2) is 0 Å². The molecule has 1 fully saturated rings. The highest BCUT2D eigenvalue weighted by Gasteiger charge is 2.25. The first-order valence-electron chi connectivity index (χ1n) is 9.44. The smallest absolute Gasteiger partial charge is 0.320 e. The maximum absolute atomic E-state index is 12.4. The van der Waals surface area contributed by atoms with Gasteiger partial charge in [-0.2, -0.15) is 0 Å². The topological polar surface area (TPSA) is 89.3 Å². The first-order chi connectivity index (χ1) is 13.8. The van der Waals surface area contributed by atoms with Crippen LogP contribution in [0.5, 0.6) is 5.75 Å². The van der Waals surface area contributed by atoms with Gasteiger partial charge in [0.2, 0.25) is 0 Å². The van der Waals surface area contributed by atoms with Crippen molar-refractivity contribution in [2.45, 2.75) is 37.8 Å². The van der Waals surface area contributed by atoms with Gasteiger partial charge in [-0.15, -0.1) is 5.10 Å². The number of benzene rings is 2. The van der Waals surface area contributed by atoms with E-state index in [1.165, 1.54) is 0 Å². The van der Waals surface area contributed by atoms with Gasteiger partial charge in [0.25, 0.3) is 0 Å². The van der Waals surface area contributed by atoms with E-state index in [-0.39, 0.29) is 30.0 Å². The molecule has 7 nitrogen and oxygen atoms in total. The van der Waals surface area contributed by atoms with Crippen LogP contribution in [0.25, 0.3) is 0 Å². The minimum absolute atomic E-state index is 0.0407. The van der Waals surface area contributed by atoms with Crippen molar-refractivity contribution in [2.24, 2.45) is 0 Å². The molecule has 0 spiro atoms. The van der Waals surface area contributed by atoms with Crippen molar-refractivity contribution < 1.29 is 13.9 Å². The van der Waals surface area contributed by atoms with Gasteiger partial charge >= 0.3 is 17.8 Å². The van der Waals surface area contributed by atoms with Crippen molar-refractivity contribution in [3.8, 4) is 5.75 Å². The molecule has 1 aliphatic carbocycles. The average molecular weight is 378 g/mol. The molecule has 1 aromatic heterocycles. The SMILES string of the molecule is O=C(NC1CCC(Oc2ccccc2)CC1)c1nnc(Nc2ccccc2)o1. The standard InChI is InChI=1S/C21H22N4O3/c26-19(20-24-25-21(28-20)23-15-7-3-1-4-8-15)22-16-11-13-18(14-12-16)27-17-9-5-2-6-10-17/h1-10,16,18H,11-14H2,(H,22,26)(H,23,25). The highest BCUT2D eigenvalue weighted by molar-refractivity contribution is 5.89. The van der Waals surface area contributed by atoms with Gasteiger partial charge < -0.3 is 19.8 Å². The second-order valence-corrected chi connectivity index (χ2v) is 6.78. The van der Waals surface area contributed by atoms with E-state index in [9.17, 15) is 4.79 Å². The average Bonchev–Trinajstić information content (AvgIpc) is 3.20. The molecule has 144 valence electrons. The van der Waals surface area contributed by atoms with Gasteiger partial charge in [-0.05, 0) is 49.9 Å². The Morgan fingerprint density at radius 2 is 1.61 bits per heavy atom. The number of para-hydroxylation sites is 2. The lowest BCUT2D eigenvalue weighted by molar-refractivity contribution is 0.0861. The Labute approximate surface area is 163 Å². The molecule has 1 heterocycles. The summed E-state index contributed by atoms with van der Waals surface area (Å²) in [5, 5.41) is 13.7. The van der Waals surface area contributed by atoms with Crippen LogP contribution in [0.1, 0.15) is 36.4 Å². The van der Waals surface area contributed by atoms with Crippen molar-refractivity contribution in [3.63, 3.8) is 0 Å². The second-order valence-electron chi connectivity index (χ2n) is 6.78. The molecule has 2 aromatic carbocycles. The third kappa shape index (κ3) is 4.68. The normalized spacial score (nSPS) is 19.0. The third-order valence-corrected chi connectivity index (χ3v) is 4.70. The molecule has 0 saturated heterocycles. The Morgan fingerprint density at radius 3 is 2.32 bits per heavy atom. The zero-order valence-corrected chi connectivity index (χ0v) is 15.4. The monoisotopic (exact) mass is 378 g/mol. The molecular formula is C21H22N4O3. The van der Waals surface area contributed by atoms with Gasteiger partial charge in [-0.3, -0.25) is 4.79 Å². The van der Waals surface area contributed by atoms with Crippen LogP contribution in [0, 0.1) is 0 Å². The highest BCUT2D eigenvalue weighted by Crippen LogP contribution is 2.24. The van der Waals surface area contributed by atoms with Crippen LogP contribution in [0.3, 0.4) is 0 Å². The molecule has 0 unspecified atom stereocenters. The number of aromatic nitrogens is 2. The van der Waals surface area contributed by atoms with Gasteiger partial charge in [0.1, 0.15) is 5.75 Å². The van der Waals surface area contributed by atoms with Crippen molar-refractivity contribution >= 4 is 17.6 Å². The number of nitrogens with zero attached hydrogens (tertiary/aromatic N) is 2. The molecule has 2 N–H and O–H groups in total. The summed E-state index contributed by atoms with van der Waals surface area (Å²) in [5.74, 6) is 0.501. The number of carbonyl (C=O) groups excluding carboxylic acids is 1. The Bertz CT molecular complexity index is 890. The molecule has 1 saturated carbocycles. The fourth-order valence-corrected chi connectivity index (χ4v) is 3.27. The van der Waals surface area contributed by atoms with E-state index in [0.717, 1.165) is 37.1 Å². The molecule has 0 aliphatic heterocycles. The van der Waals surface area contributed by atoms with Gasteiger partial charge in [0.05, 0.1) is 6.10 Å². The van der Waals surface area contributed by atoms with Crippen molar-refractivity contribution in [1.82, 2.24) is 15.5 Å². The van der Waals surface area contributed by atoms with Crippen molar-refractivity contribution in [2.75, 3.05) is 5.32 Å². The first-order valence-corrected chi connectivity index (χ1v) is 9.44. The lowest BCUT2D eigenvalue weighted by atomic mass is 9.93. The second kappa shape index (κ2) is 8.56. The highest BCUT2D eigenvalue weighted by atomic mass is 16.5. The summed E-state index contributed by atoms with van der Waals surface area (Å²) in [6, 6.07) is 19.5. The number of hydrogen-bond acceptors (Lipinski definition) is 6. The quantitative estimate of drug-likeness (QED) is 0.675. The predicted molar refractivity (Wildman–Crippen MR) is 105 cm³/mol. The Kier molecular flexibility index (Phi) is 5.51. The number of anilines is 2. The van der Waals surface area contributed by atoms with Crippen LogP contribution in [-0.4, -0.2) is 28.3 Å². The fourth-order valence-electron chi connectivity index (χ4n) is 3.27. The Morgan fingerprint density at radius 1 is 0.929 bits per heavy atom. The Hall–Kier alpha value is -3.35. The van der Waals surface area contributed by atoms with Gasteiger partial charge in [-0.25, -0.2) is 0 Å². The molecule has 0 radical (unpaired) electrons. The van der Waals surface area contributed by atoms with E-state index >= 15 is 0 Å². The maximum atomic E-state index is 12.4. The molecular weight excluding hydrogens is 356 g/mol. The number of carbonyl (C=O) groups is 1. The molecule has 7 heteroatoms. The minimum Gasteiger partial charge on any atom is -0.490 e. The number of nitrogens with one attached hydrogen (secondary N) is 2.